The predicted octanol–water partition coefficient (Wildman–Crippen LogP) is 0.662. The molecule has 4 N–H and O–H groups in total. The van der Waals surface area contributed by atoms with Crippen molar-refractivity contribution >= 4 is 17.8 Å². The molecule has 25 heavy (non-hydrogen) atoms. The first-order valence-electron chi connectivity index (χ1n) is 7.16. The summed E-state index contributed by atoms with van der Waals surface area (Å²) >= 11 is 0. The summed E-state index contributed by atoms with van der Waals surface area (Å²) in [6.45, 7) is 1.61. The number of hydrogen-bond donors (Lipinski definition) is 3. The first kappa shape index (κ1) is 20.4. The number of aliphatic hydroxyl groups is 1. The van der Waals surface area contributed by atoms with Crippen LogP contribution in [0.3, 0.4) is 0 Å². The van der Waals surface area contributed by atoms with Gasteiger partial charge in [0.15, 0.2) is 6.10 Å². The van der Waals surface area contributed by atoms with Crippen LogP contribution in [0.25, 0.3) is 0 Å². The maximum atomic E-state index is 12.5. The minimum Gasteiger partial charge on any atom is -0.466 e. The minimum atomic E-state index is -4.55. The summed E-state index contributed by atoms with van der Waals surface area (Å²) in [6.07, 6.45) is -6.93. The Bertz CT molecular complexity index is 631. The van der Waals surface area contributed by atoms with Crippen LogP contribution in [-0.2, 0) is 25.3 Å². The zero-order valence-electron chi connectivity index (χ0n) is 13.2. The van der Waals surface area contributed by atoms with Gasteiger partial charge in [-0.15, -0.1) is 0 Å². The second kappa shape index (κ2) is 8.47. The molecule has 0 radical (unpaired) electrons. The summed E-state index contributed by atoms with van der Waals surface area (Å²) < 4.78 is 42.1. The molecular weight excluding hydrogens is 345 g/mol. The van der Waals surface area contributed by atoms with Gasteiger partial charge in [-0.05, 0) is 24.6 Å². The summed E-state index contributed by atoms with van der Waals surface area (Å²) in [5.74, 6) is -2.90. The Morgan fingerprint density at radius 2 is 1.80 bits per heavy atom. The zero-order chi connectivity index (χ0) is 19.2. The first-order chi connectivity index (χ1) is 11.6. The highest BCUT2D eigenvalue weighted by Gasteiger charge is 2.31. The monoisotopic (exact) mass is 362 g/mol. The number of halogens is 3. The number of carbonyl (C=O) groups excluding carboxylic acids is 3. The molecule has 0 saturated carbocycles. The number of rotatable bonds is 7. The molecule has 7 nitrogen and oxygen atoms in total. The predicted molar refractivity (Wildman–Crippen MR) is 78.8 cm³/mol. The fraction of sp³-hybridized carbons (Fsp3) is 0.400. The van der Waals surface area contributed by atoms with Crippen LogP contribution < -0.4 is 11.1 Å². The molecule has 0 bridgehead atoms. The summed E-state index contributed by atoms with van der Waals surface area (Å²) in [6, 6.07) is 1.84. The van der Waals surface area contributed by atoms with E-state index in [0.29, 0.717) is 12.1 Å². The number of carbonyl (C=O) groups is 3. The largest absolute Gasteiger partial charge is 0.466 e. The molecule has 0 heterocycles. The van der Waals surface area contributed by atoms with Crippen molar-refractivity contribution in [3.8, 4) is 0 Å². The maximum Gasteiger partial charge on any atom is 0.416 e. The molecule has 0 unspecified atom stereocenters. The molecule has 1 aromatic carbocycles. The first-order valence-corrected chi connectivity index (χ1v) is 7.16. The Balaban J connectivity index is 2.80. The number of aliphatic hydroxyl groups excluding tert-OH is 1. The number of nitrogens with two attached hydrogens (primary N) is 1. The van der Waals surface area contributed by atoms with Crippen LogP contribution in [0.15, 0.2) is 24.3 Å². The van der Waals surface area contributed by atoms with Crippen molar-refractivity contribution in [3.63, 3.8) is 0 Å². The third-order valence-corrected chi connectivity index (χ3v) is 3.14. The van der Waals surface area contributed by atoms with Crippen LogP contribution in [0, 0.1) is 0 Å². The Labute approximate surface area is 140 Å². The molecule has 0 aliphatic rings. The van der Waals surface area contributed by atoms with Crippen molar-refractivity contribution in [2.24, 2.45) is 5.73 Å². The van der Waals surface area contributed by atoms with Crippen LogP contribution in [0.2, 0.25) is 0 Å². The van der Waals surface area contributed by atoms with Gasteiger partial charge in [0, 0.05) is 0 Å². The highest BCUT2D eigenvalue weighted by atomic mass is 19.4. The number of esters is 1. The van der Waals surface area contributed by atoms with Gasteiger partial charge < -0.3 is 20.9 Å². The fourth-order valence-corrected chi connectivity index (χ4v) is 1.87. The third kappa shape index (κ3) is 6.07. The highest BCUT2D eigenvalue weighted by molar-refractivity contribution is 5.91. The van der Waals surface area contributed by atoms with Crippen LogP contribution >= 0.6 is 0 Å². The lowest BCUT2D eigenvalue weighted by molar-refractivity contribution is -0.145. The number of nitrogens with one attached hydrogen (secondary N) is 1. The van der Waals surface area contributed by atoms with Crippen molar-refractivity contribution in [2.45, 2.75) is 31.7 Å². The topological polar surface area (TPSA) is 119 Å². The van der Waals surface area contributed by atoms with E-state index in [4.69, 9.17) is 5.73 Å². The number of benzene rings is 1. The number of amides is 2. The van der Waals surface area contributed by atoms with Crippen molar-refractivity contribution in [1.82, 2.24) is 5.32 Å². The molecule has 1 rings (SSSR count). The Morgan fingerprint density at radius 1 is 1.24 bits per heavy atom. The summed E-state index contributed by atoms with van der Waals surface area (Å²) in [5, 5.41) is 12.0. The molecule has 0 spiro atoms. The van der Waals surface area contributed by atoms with E-state index >= 15 is 0 Å². The van der Waals surface area contributed by atoms with Gasteiger partial charge in [-0.3, -0.25) is 14.4 Å². The van der Waals surface area contributed by atoms with Gasteiger partial charge >= 0.3 is 12.1 Å². The van der Waals surface area contributed by atoms with E-state index < -0.39 is 48.1 Å². The minimum absolute atomic E-state index is 0.0619. The van der Waals surface area contributed by atoms with E-state index in [1.54, 1.807) is 6.92 Å². The third-order valence-electron chi connectivity index (χ3n) is 3.14. The van der Waals surface area contributed by atoms with Gasteiger partial charge in [0.2, 0.25) is 5.91 Å². The Morgan fingerprint density at radius 3 is 2.24 bits per heavy atom. The van der Waals surface area contributed by atoms with E-state index in [-0.39, 0.29) is 12.2 Å². The maximum absolute atomic E-state index is 12.5. The highest BCUT2D eigenvalue weighted by Crippen LogP contribution is 2.29. The standard InChI is InChI=1S/C15H17F3N2O5/c1-2-25-11(21)7-10(13(19)23)20-14(24)12(22)8-3-5-9(6-4-8)15(16,17)18/h3-6,10,12,22H,2,7H2,1H3,(H2,19,23)(H,20,24)/t10-,12+/m0/s1. The molecule has 1 aromatic rings. The van der Waals surface area contributed by atoms with E-state index in [1.165, 1.54) is 0 Å². The quantitative estimate of drug-likeness (QED) is 0.616. The van der Waals surface area contributed by atoms with Gasteiger partial charge in [-0.1, -0.05) is 12.1 Å². The lowest BCUT2D eigenvalue weighted by atomic mass is 10.1. The van der Waals surface area contributed by atoms with Crippen LogP contribution in [0.5, 0.6) is 0 Å². The van der Waals surface area contributed by atoms with Crippen molar-refractivity contribution in [2.75, 3.05) is 6.61 Å². The Hall–Kier alpha value is -2.62. The van der Waals surface area contributed by atoms with Gasteiger partial charge in [-0.25, -0.2) is 0 Å². The van der Waals surface area contributed by atoms with Crippen molar-refractivity contribution in [3.05, 3.63) is 35.4 Å². The molecule has 0 saturated heterocycles. The molecule has 0 fully saturated rings. The van der Waals surface area contributed by atoms with Crippen molar-refractivity contribution < 1.29 is 37.4 Å². The van der Waals surface area contributed by atoms with E-state index in [0.717, 1.165) is 12.1 Å². The smallest absolute Gasteiger partial charge is 0.416 e. The lowest BCUT2D eigenvalue weighted by Crippen LogP contribution is -2.47. The van der Waals surface area contributed by atoms with Gasteiger partial charge in [0.1, 0.15) is 6.04 Å². The van der Waals surface area contributed by atoms with Gasteiger partial charge in [-0.2, -0.15) is 13.2 Å². The Kier molecular flexibility index (Phi) is 6.92. The second-order valence-corrected chi connectivity index (χ2v) is 4.99. The second-order valence-electron chi connectivity index (χ2n) is 4.99. The molecule has 138 valence electrons. The normalized spacial score (nSPS) is 13.6. The van der Waals surface area contributed by atoms with E-state index in [9.17, 15) is 32.7 Å². The number of primary amides is 1. The lowest BCUT2D eigenvalue weighted by Gasteiger charge is -2.18. The summed E-state index contributed by atoms with van der Waals surface area (Å²) in [7, 11) is 0. The molecule has 0 aliphatic heterocycles. The molecular formula is C15H17F3N2O5. The fourth-order valence-electron chi connectivity index (χ4n) is 1.87. The molecule has 10 heteroatoms. The van der Waals surface area contributed by atoms with E-state index in [2.05, 4.69) is 10.1 Å². The van der Waals surface area contributed by atoms with Gasteiger partial charge in [0.25, 0.3) is 5.91 Å². The van der Waals surface area contributed by atoms with E-state index in [1.807, 2.05) is 0 Å². The average Bonchev–Trinajstić information content (AvgIpc) is 2.52. The summed E-state index contributed by atoms with van der Waals surface area (Å²) in [5.41, 5.74) is 4.00. The average molecular weight is 362 g/mol. The number of ether oxygens (including phenoxy) is 1. The van der Waals surface area contributed by atoms with Crippen molar-refractivity contribution in [1.29, 1.82) is 0 Å². The molecule has 0 aliphatic carbocycles. The van der Waals surface area contributed by atoms with Crippen LogP contribution in [-0.4, -0.2) is 35.5 Å². The van der Waals surface area contributed by atoms with Crippen LogP contribution in [0.4, 0.5) is 13.2 Å². The summed E-state index contributed by atoms with van der Waals surface area (Å²) in [4.78, 5) is 34.6. The number of alkyl halides is 3. The SMILES string of the molecule is CCOC(=O)C[C@H](NC(=O)[C@H](O)c1ccc(C(F)(F)F)cc1)C(N)=O. The number of hydrogen-bond acceptors (Lipinski definition) is 5. The van der Waals surface area contributed by atoms with Gasteiger partial charge in [0.05, 0.1) is 18.6 Å². The molecule has 0 aromatic heterocycles. The van der Waals surface area contributed by atoms with Crippen LogP contribution in [0.1, 0.15) is 30.6 Å². The zero-order valence-corrected chi connectivity index (χ0v) is 13.2. The molecule has 2 amide bonds. The molecule has 2 atom stereocenters.